The summed E-state index contributed by atoms with van der Waals surface area (Å²) in [7, 11) is 1.67. The molecule has 0 fully saturated rings. The van der Waals surface area contributed by atoms with Crippen LogP contribution in [0.2, 0.25) is 0 Å². The van der Waals surface area contributed by atoms with Crippen LogP contribution in [0.5, 0.6) is 0 Å². The lowest BCUT2D eigenvalue weighted by molar-refractivity contribution is 0.205. The van der Waals surface area contributed by atoms with E-state index in [0.717, 1.165) is 25.3 Å². The Morgan fingerprint density at radius 1 is 1.53 bits per heavy atom. The van der Waals surface area contributed by atoms with Gasteiger partial charge in [-0.15, -0.1) is 5.10 Å². The number of rotatable bonds is 8. The van der Waals surface area contributed by atoms with Crippen LogP contribution >= 0.6 is 0 Å². The molecule has 0 unspecified atom stereocenters. The largest absolute Gasteiger partial charge is 0.383 e. The first-order valence-corrected chi connectivity index (χ1v) is 5.82. The van der Waals surface area contributed by atoms with Gasteiger partial charge in [-0.3, -0.25) is 0 Å². The van der Waals surface area contributed by atoms with Gasteiger partial charge in [-0.1, -0.05) is 12.1 Å². The molecule has 0 spiro atoms. The second-order valence-corrected chi connectivity index (χ2v) is 3.70. The van der Waals surface area contributed by atoms with Gasteiger partial charge >= 0.3 is 0 Å². The maximum absolute atomic E-state index is 8.66. The smallest absolute Gasteiger partial charge is 0.147 e. The molecular formula is C11H19N5O. The number of aromatic nitrogens is 3. The van der Waals surface area contributed by atoms with Crippen LogP contribution in [0.3, 0.4) is 0 Å². The number of anilines is 1. The molecule has 6 nitrogen and oxygen atoms in total. The summed E-state index contributed by atoms with van der Waals surface area (Å²) in [4.78, 5) is 2.09. The summed E-state index contributed by atoms with van der Waals surface area (Å²) < 4.78 is 6.94. The molecule has 0 bridgehead atoms. The lowest BCUT2D eigenvalue weighted by atomic mass is 10.4. The predicted octanol–water partition coefficient (Wildman–Crippen LogP) is 1.05. The fraction of sp³-hybridized carbons (Fsp3) is 0.727. The Labute approximate surface area is 102 Å². The topological polar surface area (TPSA) is 67.0 Å². The van der Waals surface area contributed by atoms with Crippen LogP contribution in [-0.2, 0) is 11.3 Å². The molecule has 1 rings (SSSR count). The van der Waals surface area contributed by atoms with Gasteiger partial charge in [-0.2, -0.15) is 5.26 Å². The van der Waals surface area contributed by atoms with Crippen molar-refractivity contribution in [2.75, 3.05) is 31.7 Å². The van der Waals surface area contributed by atoms with Crippen LogP contribution in [0.4, 0.5) is 5.82 Å². The van der Waals surface area contributed by atoms with Crippen molar-refractivity contribution in [3.05, 3.63) is 6.20 Å². The quantitative estimate of drug-likeness (QED) is 0.676. The Hall–Kier alpha value is -1.61. The van der Waals surface area contributed by atoms with E-state index in [9.17, 15) is 0 Å². The molecule has 0 aromatic carbocycles. The van der Waals surface area contributed by atoms with Crippen molar-refractivity contribution in [1.29, 1.82) is 5.26 Å². The molecule has 0 N–H and O–H groups in total. The molecule has 1 heterocycles. The third kappa shape index (κ3) is 4.04. The van der Waals surface area contributed by atoms with Crippen LogP contribution in [-0.4, -0.2) is 41.8 Å². The Morgan fingerprint density at radius 3 is 3.00 bits per heavy atom. The van der Waals surface area contributed by atoms with Gasteiger partial charge in [-0.05, 0) is 6.42 Å². The average Bonchev–Trinajstić information content (AvgIpc) is 2.78. The summed E-state index contributed by atoms with van der Waals surface area (Å²) in [5.74, 6) is 0.958. The van der Waals surface area contributed by atoms with Crippen molar-refractivity contribution < 1.29 is 4.74 Å². The van der Waals surface area contributed by atoms with Crippen molar-refractivity contribution in [2.45, 2.75) is 26.3 Å². The molecule has 94 valence electrons. The van der Waals surface area contributed by atoms with Crippen molar-refractivity contribution in [2.24, 2.45) is 0 Å². The maximum Gasteiger partial charge on any atom is 0.147 e. The third-order valence-electron chi connectivity index (χ3n) is 2.42. The van der Waals surface area contributed by atoms with Crippen LogP contribution in [0.1, 0.15) is 19.8 Å². The minimum absolute atomic E-state index is 0.487. The first-order valence-electron chi connectivity index (χ1n) is 5.82. The SMILES string of the molecule is CCCn1nncc1N(CCC#N)CCOC. The van der Waals surface area contributed by atoms with Crippen LogP contribution in [0.25, 0.3) is 0 Å². The molecule has 0 saturated heterocycles. The second-order valence-electron chi connectivity index (χ2n) is 3.70. The molecule has 0 radical (unpaired) electrons. The molecule has 0 atom stereocenters. The monoisotopic (exact) mass is 237 g/mol. The zero-order chi connectivity index (χ0) is 12.5. The van der Waals surface area contributed by atoms with Gasteiger partial charge in [0, 0.05) is 26.7 Å². The molecule has 0 aliphatic heterocycles. The number of hydrogen-bond donors (Lipinski definition) is 0. The van der Waals surface area contributed by atoms with Crippen LogP contribution in [0.15, 0.2) is 6.20 Å². The molecule has 0 amide bonds. The summed E-state index contributed by atoms with van der Waals surface area (Å²) in [5, 5.41) is 16.6. The van der Waals surface area contributed by atoms with E-state index in [0.29, 0.717) is 19.6 Å². The van der Waals surface area contributed by atoms with Gasteiger partial charge in [0.2, 0.25) is 0 Å². The summed E-state index contributed by atoms with van der Waals surface area (Å²) >= 11 is 0. The van der Waals surface area contributed by atoms with Crippen LogP contribution < -0.4 is 4.90 Å². The molecule has 1 aromatic rings. The van der Waals surface area contributed by atoms with Crippen molar-refractivity contribution in [1.82, 2.24) is 15.0 Å². The Morgan fingerprint density at radius 2 is 2.35 bits per heavy atom. The van der Waals surface area contributed by atoms with Gasteiger partial charge < -0.3 is 9.64 Å². The number of nitriles is 1. The van der Waals surface area contributed by atoms with E-state index in [4.69, 9.17) is 10.00 Å². The predicted molar refractivity (Wildman–Crippen MR) is 64.6 cm³/mol. The van der Waals surface area contributed by atoms with Gasteiger partial charge in [0.25, 0.3) is 0 Å². The normalized spacial score (nSPS) is 10.2. The first kappa shape index (κ1) is 13.5. The fourth-order valence-electron chi connectivity index (χ4n) is 1.60. The Balaban J connectivity index is 2.72. The van der Waals surface area contributed by atoms with E-state index in [-0.39, 0.29) is 0 Å². The maximum atomic E-state index is 8.66. The van der Waals surface area contributed by atoms with Gasteiger partial charge in [0.05, 0.1) is 25.3 Å². The van der Waals surface area contributed by atoms with Crippen molar-refractivity contribution in [3.8, 4) is 6.07 Å². The Bertz CT molecular complexity index is 357. The van der Waals surface area contributed by atoms with E-state index >= 15 is 0 Å². The van der Waals surface area contributed by atoms with E-state index in [1.165, 1.54) is 0 Å². The highest BCUT2D eigenvalue weighted by atomic mass is 16.5. The van der Waals surface area contributed by atoms with E-state index < -0.39 is 0 Å². The number of nitrogens with zero attached hydrogens (tertiary/aromatic N) is 5. The second kappa shape index (κ2) is 7.63. The van der Waals surface area contributed by atoms with E-state index in [1.54, 1.807) is 13.3 Å². The van der Waals surface area contributed by atoms with E-state index in [1.807, 2.05) is 4.68 Å². The highest BCUT2D eigenvalue weighted by molar-refractivity contribution is 5.36. The zero-order valence-corrected chi connectivity index (χ0v) is 10.5. The molecule has 0 aliphatic rings. The summed E-state index contributed by atoms with van der Waals surface area (Å²) in [5.41, 5.74) is 0. The molecule has 0 saturated carbocycles. The third-order valence-corrected chi connectivity index (χ3v) is 2.42. The molecule has 6 heteroatoms. The molecule has 17 heavy (non-hydrogen) atoms. The summed E-state index contributed by atoms with van der Waals surface area (Å²) in [6.07, 6.45) is 3.23. The highest BCUT2D eigenvalue weighted by Gasteiger charge is 2.11. The van der Waals surface area contributed by atoms with Crippen LogP contribution in [0, 0.1) is 11.3 Å². The van der Waals surface area contributed by atoms with Gasteiger partial charge in [0.15, 0.2) is 0 Å². The molecular weight excluding hydrogens is 218 g/mol. The van der Waals surface area contributed by atoms with Crippen molar-refractivity contribution in [3.63, 3.8) is 0 Å². The van der Waals surface area contributed by atoms with E-state index in [2.05, 4.69) is 28.2 Å². The molecule has 0 aliphatic carbocycles. The number of ether oxygens (including phenoxy) is 1. The minimum atomic E-state index is 0.487. The number of methoxy groups -OCH3 is 1. The minimum Gasteiger partial charge on any atom is -0.383 e. The average molecular weight is 237 g/mol. The molecule has 1 aromatic heterocycles. The highest BCUT2D eigenvalue weighted by Crippen LogP contribution is 2.12. The summed E-state index contributed by atoms with van der Waals surface area (Å²) in [6, 6.07) is 2.16. The lowest BCUT2D eigenvalue weighted by Gasteiger charge is -2.23. The number of aryl methyl sites for hydroxylation is 1. The zero-order valence-electron chi connectivity index (χ0n) is 10.5. The number of hydrogen-bond acceptors (Lipinski definition) is 5. The fourth-order valence-corrected chi connectivity index (χ4v) is 1.60. The van der Waals surface area contributed by atoms with Crippen molar-refractivity contribution >= 4 is 5.82 Å². The standard InChI is InChI=1S/C11H19N5O/c1-3-6-16-11(10-13-14-16)15(7-4-5-12)8-9-17-2/h10H,3-4,6-9H2,1-2H3. The lowest BCUT2D eigenvalue weighted by Crippen LogP contribution is -2.30. The Kier molecular flexibility index (Phi) is 6.04. The van der Waals surface area contributed by atoms with Gasteiger partial charge in [-0.25, -0.2) is 4.68 Å². The van der Waals surface area contributed by atoms with Gasteiger partial charge in [0.1, 0.15) is 5.82 Å². The summed E-state index contributed by atoms with van der Waals surface area (Å²) in [6.45, 7) is 4.99. The first-order chi connectivity index (χ1) is 8.33.